The first kappa shape index (κ1) is 14.8. The fourth-order valence-corrected chi connectivity index (χ4v) is 2.47. The van der Waals surface area contributed by atoms with E-state index < -0.39 is 0 Å². The number of halogens is 1. The van der Waals surface area contributed by atoms with Crippen molar-refractivity contribution in [2.24, 2.45) is 5.92 Å². The standard InChI is InChI=1S/C15H17ClN4O2/c1-17-15(21)11-5-6-12(18-14(11)16)20-8-7-13(19-20)22-9-10-3-2-4-10/h5-8,10H,2-4,9H2,1H3,(H,17,21). The molecule has 0 spiro atoms. The van der Waals surface area contributed by atoms with E-state index in [1.165, 1.54) is 19.3 Å². The monoisotopic (exact) mass is 320 g/mol. The summed E-state index contributed by atoms with van der Waals surface area (Å²) < 4.78 is 7.24. The van der Waals surface area contributed by atoms with Crippen LogP contribution < -0.4 is 10.1 Å². The van der Waals surface area contributed by atoms with Crippen molar-refractivity contribution in [2.75, 3.05) is 13.7 Å². The van der Waals surface area contributed by atoms with E-state index in [0.717, 1.165) is 0 Å². The summed E-state index contributed by atoms with van der Waals surface area (Å²) >= 11 is 6.04. The van der Waals surface area contributed by atoms with E-state index >= 15 is 0 Å². The molecule has 0 radical (unpaired) electrons. The van der Waals surface area contributed by atoms with Crippen molar-refractivity contribution in [1.29, 1.82) is 0 Å². The lowest BCUT2D eigenvalue weighted by Gasteiger charge is -2.24. The molecule has 22 heavy (non-hydrogen) atoms. The molecule has 6 nitrogen and oxygen atoms in total. The number of aromatic nitrogens is 3. The molecule has 0 unspecified atom stereocenters. The van der Waals surface area contributed by atoms with E-state index in [9.17, 15) is 4.79 Å². The summed E-state index contributed by atoms with van der Waals surface area (Å²) in [5.74, 6) is 1.50. The van der Waals surface area contributed by atoms with E-state index in [-0.39, 0.29) is 11.1 Å². The third-order valence-electron chi connectivity index (χ3n) is 3.80. The fraction of sp³-hybridized carbons (Fsp3) is 0.400. The Morgan fingerprint density at radius 2 is 2.27 bits per heavy atom. The number of carbonyl (C=O) groups excluding carboxylic acids is 1. The molecule has 1 N–H and O–H groups in total. The van der Waals surface area contributed by atoms with Gasteiger partial charge in [0.2, 0.25) is 5.88 Å². The molecule has 0 bridgehead atoms. The quantitative estimate of drug-likeness (QED) is 0.859. The smallest absolute Gasteiger partial charge is 0.254 e. The molecule has 0 aliphatic heterocycles. The molecule has 1 amide bonds. The summed E-state index contributed by atoms with van der Waals surface area (Å²) in [5, 5.41) is 6.98. The number of pyridine rings is 1. The van der Waals surface area contributed by atoms with Crippen LogP contribution in [0, 0.1) is 5.92 Å². The average molecular weight is 321 g/mol. The lowest BCUT2D eigenvalue weighted by atomic mass is 9.86. The van der Waals surface area contributed by atoms with Gasteiger partial charge in [-0.15, -0.1) is 5.10 Å². The van der Waals surface area contributed by atoms with E-state index in [1.54, 1.807) is 36.1 Å². The van der Waals surface area contributed by atoms with E-state index in [2.05, 4.69) is 15.4 Å². The van der Waals surface area contributed by atoms with Gasteiger partial charge in [0.1, 0.15) is 5.15 Å². The van der Waals surface area contributed by atoms with Crippen molar-refractivity contribution < 1.29 is 9.53 Å². The molecule has 0 saturated heterocycles. The van der Waals surface area contributed by atoms with Crippen molar-refractivity contribution in [2.45, 2.75) is 19.3 Å². The zero-order valence-electron chi connectivity index (χ0n) is 12.3. The Morgan fingerprint density at radius 1 is 1.45 bits per heavy atom. The Kier molecular flexibility index (Phi) is 4.29. The normalized spacial score (nSPS) is 14.5. The third kappa shape index (κ3) is 3.06. The van der Waals surface area contributed by atoms with Crippen LogP contribution in [0.4, 0.5) is 0 Å². The first-order chi connectivity index (χ1) is 10.7. The number of hydrogen-bond acceptors (Lipinski definition) is 4. The van der Waals surface area contributed by atoms with Crippen LogP contribution in [-0.4, -0.2) is 34.3 Å². The Labute approximate surface area is 133 Å². The maximum absolute atomic E-state index is 11.6. The molecule has 2 aromatic heterocycles. The second kappa shape index (κ2) is 6.36. The second-order valence-electron chi connectivity index (χ2n) is 5.29. The van der Waals surface area contributed by atoms with Crippen molar-refractivity contribution in [3.8, 4) is 11.7 Å². The fourth-order valence-electron chi connectivity index (χ4n) is 2.23. The molecule has 3 rings (SSSR count). The van der Waals surface area contributed by atoms with Gasteiger partial charge in [-0.25, -0.2) is 9.67 Å². The molecular formula is C15H17ClN4O2. The Hall–Kier alpha value is -2.08. The van der Waals surface area contributed by atoms with Crippen LogP contribution in [0.5, 0.6) is 5.88 Å². The average Bonchev–Trinajstić information content (AvgIpc) is 2.93. The number of ether oxygens (including phenoxy) is 1. The Morgan fingerprint density at radius 3 is 2.91 bits per heavy atom. The molecule has 2 heterocycles. The largest absolute Gasteiger partial charge is 0.476 e. The molecule has 2 aromatic rings. The number of carbonyl (C=O) groups is 1. The summed E-state index contributed by atoms with van der Waals surface area (Å²) in [7, 11) is 1.55. The highest BCUT2D eigenvalue weighted by atomic mass is 35.5. The molecule has 0 aromatic carbocycles. The maximum Gasteiger partial charge on any atom is 0.254 e. The molecule has 1 aliphatic rings. The predicted octanol–water partition coefficient (Wildman–Crippen LogP) is 2.46. The van der Waals surface area contributed by atoms with Crippen molar-refractivity contribution in [3.05, 3.63) is 35.1 Å². The summed E-state index contributed by atoms with van der Waals surface area (Å²) in [6.07, 6.45) is 5.52. The summed E-state index contributed by atoms with van der Waals surface area (Å²) in [6.45, 7) is 0.709. The van der Waals surface area contributed by atoms with E-state index in [4.69, 9.17) is 16.3 Å². The third-order valence-corrected chi connectivity index (χ3v) is 4.08. The van der Waals surface area contributed by atoms with Gasteiger partial charge in [-0.2, -0.15) is 0 Å². The van der Waals surface area contributed by atoms with Gasteiger partial charge in [-0.05, 0) is 30.9 Å². The van der Waals surface area contributed by atoms with E-state index in [1.807, 2.05) is 0 Å². The van der Waals surface area contributed by atoms with Gasteiger partial charge in [0, 0.05) is 19.3 Å². The molecule has 1 aliphatic carbocycles. The van der Waals surface area contributed by atoms with Crippen molar-refractivity contribution in [1.82, 2.24) is 20.1 Å². The lowest BCUT2D eigenvalue weighted by molar-refractivity contribution is 0.0963. The number of hydrogen-bond donors (Lipinski definition) is 1. The number of rotatable bonds is 5. The Balaban J connectivity index is 1.72. The minimum Gasteiger partial charge on any atom is -0.476 e. The summed E-state index contributed by atoms with van der Waals surface area (Å²) in [6, 6.07) is 5.11. The van der Waals surface area contributed by atoms with Crippen LogP contribution in [0.25, 0.3) is 5.82 Å². The molecule has 1 fully saturated rings. The highest BCUT2D eigenvalue weighted by Crippen LogP contribution is 2.26. The van der Waals surface area contributed by atoms with Gasteiger partial charge in [-0.1, -0.05) is 18.0 Å². The molecule has 116 valence electrons. The van der Waals surface area contributed by atoms with Crippen molar-refractivity contribution in [3.63, 3.8) is 0 Å². The van der Waals surface area contributed by atoms with Crippen LogP contribution in [0.1, 0.15) is 29.6 Å². The Bertz CT molecular complexity index is 682. The molecule has 1 saturated carbocycles. The highest BCUT2D eigenvalue weighted by Gasteiger charge is 2.18. The first-order valence-electron chi connectivity index (χ1n) is 7.25. The van der Waals surface area contributed by atoms with Gasteiger partial charge >= 0.3 is 0 Å². The van der Waals surface area contributed by atoms with Crippen LogP contribution in [-0.2, 0) is 0 Å². The van der Waals surface area contributed by atoms with Gasteiger partial charge in [0.15, 0.2) is 5.82 Å². The van der Waals surface area contributed by atoms with Gasteiger partial charge < -0.3 is 10.1 Å². The summed E-state index contributed by atoms with van der Waals surface area (Å²) in [4.78, 5) is 15.8. The topological polar surface area (TPSA) is 69.0 Å². The maximum atomic E-state index is 11.6. The highest BCUT2D eigenvalue weighted by molar-refractivity contribution is 6.32. The number of amides is 1. The lowest BCUT2D eigenvalue weighted by Crippen LogP contribution is -2.19. The van der Waals surface area contributed by atoms with Gasteiger partial charge in [0.25, 0.3) is 5.91 Å². The second-order valence-corrected chi connectivity index (χ2v) is 5.65. The summed E-state index contributed by atoms with van der Waals surface area (Å²) in [5.41, 5.74) is 0.335. The predicted molar refractivity (Wildman–Crippen MR) is 82.6 cm³/mol. The van der Waals surface area contributed by atoms with E-state index in [0.29, 0.717) is 29.8 Å². The SMILES string of the molecule is CNC(=O)c1ccc(-n2ccc(OCC3CCC3)n2)nc1Cl. The minimum absolute atomic E-state index is 0.143. The van der Waals surface area contributed by atoms with Crippen molar-refractivity contribution >= 4 is 17.5 Å². The number of nitrogens with one attached hydrogen (secondary N) is 1. The molecule has 0 atom stereocenters. The molecule has 7 heteroatoms. The molecular weight excluding hydrogens is 304 g/mol. The van der Waals surface area contributed by atoms with Crippen LogP contribution in [0.15, 0.2) is 24.4 Å². The van der Waals surface area contributed by atoms with Crippen LogP contribution >= 0.6 is 11.6 Å². The zero-order chi connectivity index (χ0) is 15.5. The van der Waals surface area contributed by atoms with Gasteiger partial charge in [0.05, 0.1) is 12.2 Å². The van der Waals surface area contributed by atoms with Crippen LogP contribution in [0.3, 0.4) is 0 Å². The number of nitrogens with zero attached hydrogens (tertiary/aromatic N) is 3. The van der Waals surface area contributed by atoms with Crippen LogP contribution in [0.2, 0.25) is 5.15 Å². The minimum atomic E-state index is -0.269. The van der Waals surface area contributed by atoms with Gasteiger partial charge in [-0.3, -0.25) is 4.79 Å². The zero-order valence-corrected chi connectivity index (χ0v) is 13.0. The first-order valence-corrected chi connectivity index (χ1v) is 7.62.